The molecule has 15 heavy (non-hydrogen) atoms. The monoisotopic (exact) mass is 264 g/mol. The molecule has 0 saturated heterocycles. The lowest BCUT2D eigenvalue weighted by molar-refractivity contribution is -0.110. The molecule has 2 rings (SSSR count). The van der Waals surface area contributed by atoms with Crippen molar-refractivity contribution in [2.45, 2.75) is 5.60 Å². The summed E-state index contributed by atoms with van der Waals surface area (Å²) in [6.07, 6.45) is 5.75. The highest BCUT2D eigenvalue weighted by Gasteiger charge is 2.25. The molecule has 1 aliphatic carbocycles. The van der Waals surface area contributed by atoms with Crippen LogP contribution in [-0.2, 0) is 10.4 Å². The lowest BCUT2D eigenvalue weighted by Gasteiger charge is -2.23. The number of carbonyl (C=O) groups is 1. The molecule has 0 unspecified atom stereocenters. The van der Waals surface area contributed by atoms with Crippen LogP contribution in [0.3, 0.4) is 0 Å². The molecule has 0 fully saturated rings. The van der Waals surface area contributed by atoms with Gasteiger partial charge in [0.25, 0.3) is 0 Å². The SMILES string of the molecule is O=C1C=CC(O)(c2cccc(Br)c2)C=C1. The van der Waals surface area contributed by atoms with Crippen molar-refractivity contribution < 1.29 is 9.90 Å². The molecule has 0 saturated carbocycles. The van der Waals surface area contributed by atoms with Gasteiger partial charge < -0.3 is 5.11 Å². The fourth-order valence-corrected chi connectivity index (χ4v) is 1.86. The predicted octanol–water partition coefficient (Wildman–Crippen LogP) is 2.33. The van der Waals surface area contributed by atoms with E-state index in [1.807, 2.05) is 24.3 Å². The third kappa shape index (κ3) is 2.08. The van der Waals surface area contributed by atoms with Crippen molar-refractivity contribution in [2.75, 3.05) is 0 Å². The van der Waals surface area contributed by atoms with E-state index < -0.39 is 5.60 Å². The van der Waals surface area contributed by atoms with Gasteiger partial charge in [-0.05, 0) is 42.0 Å². The molecule has 0 bridgehead atoms. The van der Waals surface area contributed by atoms with Crippen LogP contribution in [0.25, 0.3) is 0 Å². The standard InChI is InChI=1S/C12H9BrO2/c13-10-3-1-2-9(8-10)12(15)6-4-11(14)5-7-12/h1-8,15H. The molecule has 0 spiro atoms. The van der Waals surface area contributed by atoms with Gasteiger partial charge in [-0.1, -0.05) is 28.1 Å². The third-order valence-corrected chi connectivity index (χ3v) is 2.78. The summed E-state index contributed by atoms with van der Waals surface area (Å²) >= 11 is 3.34. The minimum Gasteiger partial charge on any atom is -0.377 e. The van der Waals surface area contributed by atoms with E-state index in [1.54, 1.807) is 0 Å². The van der Waals surface area contributed by atoms with E-state index in [0.717, 1.165) is 10.0 Å². The average Bonchev–Trinajstić information content (AvgIpc) is 2.23. The van der Waals surface area contributed by atoms with Crippen molar-refractivity contribution >= 4 is 21.7 Å². The van der Waals surface area contributed by atoms with Gasteiger partial charge in [-0.25, -0.2) is 0 Å². The molecule has 0 aromatic heterocycles. The van der Waals surface area contributed by atoms with E-state index in [-0.39, 0.29) is 5.78 Å². The topological polar surface area (TPSA) is 37.3 Å². The second kappa shape index (κ2) is 3.76. The summed E-state index contributed by atoms with van der Waals surface area (Å²) < 4.78 is 0.895. The largest absolute Gasteiger partial charge is 0.377 e. The van der Waals surface area contributed by atoms with Gasteiger partial charge in [0.05, 0.1) is 0 Å². The van der Waals surface area contributed by atoms with E-state index in [0.29, 0.717) is 0 Å². The van der Waals surface area contributed by atoms with Gasteiger partial charge in [0, 0.05) is 4.47 Å². The zero-order valence-corrected chi connectivity index (χ0v) is 9.44. The summed E-state index contributed by atoms with van der Waals surface area (Å²) in [4.78, 5) is 11.0. The lowest BCUT2D eigenvalue weighted by Crippen LogP contribution is -2.22. The Labute approximate surface area is 96.1 Å². The van der Waals surface area contributed by atoms with Crippen LogP contribution in [0.2, 0.25) is 0 Å². The highest BCUT2D eigenvalue weighted by Crippen LogP contribution is 2.28. The Kier molecular flexibility index (Phi) is 2.59. The number of benzene rings is 1. The molecular formula is C12H9BrO2. The maximum absolute atomic E-state index is 11.0. The number of halogens is 1. The predicted molar refractivity (Wildman–Crippen MR) is 61.3 cm³/mol. The number of ketones is 1. The second-order valence-electron chi connectivity index (χ2n) is 3.40. The zero-order chi connectivity index (χ0) is 10.9. The summed E-state index contributed by atoms with van der Waals surface area (Å²) in [5, 5.41) is 10.2. The second-order valence-corrected chi connectivity index (χ2v) is 4.32. The minimum absolute atomic E-state index is 0.102. The van der Waals surface area contributed by atoms with Crippen LogP contribution in [0.5, 0.6) is 0 Å². The van der Waals surface area contributed by atoms with Crippen LogP contribution >= 0.6 is 15.9 Å². The van der Waals surface area contributed by atoms with Crippen LogP contribution in [0.4, 0.5) is 0 Å². The van der Waals surface area contributed by atoms with Gasteiger partial charge in [-0.15, -0.1) is 0 Å². The molecule has 0 heterocycles. The molecule has 0 aliphatic heterocycles. The van der Waals surface area contributed by atoms with Crippen molar-refractivity contribution in [1.29, 1.82) is 0 Å². The molecule has 0 amide bonds. The molecule has 76 valence electrons. The molecule has 1 aromatic rings. The number of aliphatic hydroxyl groups is 1. The van der Waals surface area contributed by atoms with Crippen molar-refractivity contribution in [1.82, 2.24) is 0 Å². The van der Waals surface area contributed by atoms with E-state index in [9.17, 15) is 9.90 Å². The Morgan fingerprint density at radius 3 is 2.47 bits per heavy atom. The van der Waals surface area contributed by atoms with Crippen molar-refractivity contribution in [3.05, 3.63) is 58.6 Å². The van der Waals surface area contributed by atoms with Crippen LogP contribution in [-0.4, -0.2) is 10.9 Å². The summed E-state index contributed by atoms with van der Waals surface area (Å²) in [6, 6.07) is 7.36. The highest BCUT2D eigenvalue weighted by atomic mass is 79.9. The Morgan fingerprint density at radius 2 is 1.87 bits per heavy atom. The summed E-state index contributed by atoms with van der Waals surface area (Å²) in [7, 11) is 0. The lowest BCUT2D eigenvalue weighted by atomic mass is 9.90. The maximum atomic E-state index is 11.0. The molecular weight excluding hydrogens is 256 g/mol. The van der Waals surface area contributed by atoms with E-state index in [2.05, 4.69) is 15.9 Å². The van der Waals surface area contributed by atoms with Crippen LogP contribution in [0, 0.1) is 0 Å². The first-order valence-corrected chi connectivity index (χ1v) is 5.30. The molecule has 0 radical (unpaired) electrons. The Balaban J connectivity index is 2.43. The number of rotatable bonds is 1. The van der Waals surface area contributed by atoms with Crippen molar-refractivity contribution in [3.8, 4) is 0 Å². The summed E-state index contributed by atoms with van der Waals surface area (Å²) in [5.74, 6) is -0.102. The number of hydrogen-bond acceptors (Lipinski definition) is 2. The molecule has 1 aromatic carbocycles. The fraction of sp³-hybridized carbons (Fsp3) is 0.0833. The quantitative estimate of drug-likeness (QED) is 0.846. The normalized spacial score (nSPS) is 18.1. The van der Waals surface area contributed by atoms with Crippen LogP contribution < -0.4 is 0 Å². The summed E-state index contributed by atoms with van der Waals surface area (Å²) in [5.41, 5.74) is -0.436. The molecule has 2 nitrogen and oxygen atoms in total. The van der Waals surface area contributed by atoms with E-state index in [1.165, 1.54) is 24.3 Å². The van der Waals surface area contributed by atoms with Gasteiger partial charge in [0.1, 0.15) is 5.60 Å². The van der Waals surface area contributed by atoms with Gasteiger partial charge in [0.2, 0.25) is 0 Å². The smallest absolute Gasteiger partial charge is 0.178 e. The fourth-order valence-electron chi connectivity index (χ4n) is 1.46. The Morgan fingerprint density at radius 1 is 1.20 bits per heavy atom. The number of allylic oxidation sites excluding steroid dienone is 2. The molecule has 3 heteroatoms. The number of hydrogen-bond donors (Lipinski definition) is 1. The van der Waals surface area contributed by atoms with Gasteiger partial charge in [-0.3, -0.25) is 4.79 Å². The molecule has 0 atom stereocenters. The average molecular weight is 265 g/mol. The van der Waals surface area contributed by atoms with Crippen molar-refractivity contribution in [2.24, 2.45) is 0 Å². The van der Waals surface area contributed by atoms with Crippen LogP contribution in [0.15, 0.2) is 53.0 Å². The molecule has 1 aliphatic rings. The van der Waals surface area contributed by atoms with Gasteiger partial charge in [-0.2, -0.15) is 0 Å². The highest BCUT2D eigenvalue weighted by molar-refractivity contribution is 9.10. The van der Waals surface area contributed by atoms with Gasteiger partial charge in [0.15, 0.2) is 5.78 Å². The van der Waals surface area contributed by atoms with E-state index >= 15 is 0 Å². The number of carbonyl (C=O) groups excluding carboxylic acids is 1. The zero-order valence-electron chi connectivity index (χ0n) is 7.85. The first-order valence-electron chi connectivity index (χ1n) is 4.51. The maximum Gasteiger partial charge on any atom is 0.178 e. The van der Waals surface area contributed by atoms with Crippen LogP contribution in [0.1, 0.15) is 5.56 Å². The minimum atomic E-state index is -1.17. The molecule has 1 N–H and O–H groups in total. The first-order chi connectivity index (χ1) is 7.10. The van der Waals surface area contributed by atoms with Crippen molar-refractivity contribution in [3.63, 3.8) is 0 Å². The third-order valence-electron chi connectivity index (χ3n) is 2.29. The van der Waals surface area contributed by atoms with E-state index in [4.69, 9.17) is 0 Å². The Bertz CT molecular complexity index is 444. The Hall–Kier alpha value is -1.19. The first kappa shape index (κ1) is 10.3. The van der Waals surface area contributed by atoms with Gasteiger partial charge >= 0.3 is 0 Å². The summed E-state index contributed by atoms with van der Waals surface area (Å²) in [6.45, 7) is 0.